The van der Waals surface area contributed by atoms with Crippen molar-refractivity contribution < 1.29 is 14.3 Å². The van der Waals surface area contributed by atoms with Crippen LogP contribution in [0.2, 0.25) is 0 Å². The number of rotatable bonds is 3. The number of carbonyl (C=O) groups is 1. The van der Waals surface area contributed by atoms with Gasteiger partial charge in [0.15, 0.2) is 0 Å². The van der Waals surface area contributed by atoms with Crippen LogP contribution in [-0.2, 0) is 4.74 Å². The van der Waals surface area contributed by atoms with Crippen LogP contribution in [0, 0.1) is 13.8 Å². The largest absolute Gasteiger partial charge is 0.493 e. The molecule has 5 nitrogen and oxygen atoms in total. The minimum Gasteiger partial charge on any atom is -0.493 e. The van der Waals surface area contributed by atoms with E-state index in [1.807, 2.05) is 40.0 Å². The fourth-order valence-corrected chi connectivity index (χ4v) is 3.37. The quantitative estimate of drug-likeness (QED) is 0.849. The normalized spacial score (nSPS) is 16.3. The lowest BCUT2D eigenvalue weighted by molar-refractivity contribution is 0.0521. The first-order valence-electron chi connectivity index (χ1n) is 9.41. The van der Waals surface area contributed by atoms with Crippen molar-refractivity contribution in [3.8, 4) is 16.9 Å². The number of nitrogens with one attached hydrogen (secondary N) is 1. The van der Waals surface area contributed by atoms with Crippen molar-refractivity contribution in [3.05, 3.63) is 47.3 Å². The summed E-state index contributed by atoms with van der Waals surface area (Å²) in [6, 6.07) is 8.26. The number of aromatic nitrogens is 1. The van der Waals surface area contributed by atoms with E-state index in [9.17, 15) is 4.79 Å². The lowest BCUT2D eigenvalue weighted by atomic mass is 9.88. The third-order valence-corrected chi connectivity index (χ3v) is 4.84. The third kappa shape index (κ3) is 4.41. The summed E-state index contributed by atoms with van der Waals surface area (Å²) in [4.78, 5) is 16.4. The summed E-state index contributed by atoms with van der Waals surface area (Å²) in [5, 5.41) is 2.90. The Bertz CT molecular complexity index is 840. The van der Waals surface area contributed by atoms with Crippen LogP contribution in [0.4, 0.5) is 4.79 Å². The van der Waals surface area contributed by atoms with Crippen LogP contribution in [0.1, 0.15) is 49.9 Å². The molecule has 1 amide bonds. The minimum atomic E-state index is -0.498. The second-order valence-corrected chi connectivity index (χ2v) is 8.01. The highest BCUT2D eigenvalue weighted by molar-refractivity contribution is 5.75. The van der Waals surface area contributed by atoms with E-state index in [0.29, 0.717) is 13.2 Å². The molecule has 3 rings (SSSR count). The third-order valence-electron chi connectivity index (χ3n) is 4.84. The second kappa shape index (κ2) is 7.59. The molecule has 1 aliphatic heterocycles. The first kappa shape index (κ1) is 19.2. The molecule has 0 radical (unpaired) electrons. The maximum absolute atomic E-state index is 12.0. The highest BCUT2D eigenvalue weighted by atomic mass is 16.6. The molecule has 1 aliphatic rings. The van der Waals surface area contributed by atoms with Gasteiger partial charge in [-0.3, -0.25) is 4.98 Å². The van der Waals surface area contributed by atoms with Gasteiger partial charge in [0.25, 0.3) is 0 Å². The van der Waals surface area contributed by atoms with Crippen molar-refractivity contribution in [2.24, 2.45) is 0 Å². The lowest BCUT2D eigenvalue weighted by Crippen LogP contribution is -2.35. The van der Waals surface area contributed by atoms with Crippen LogP contribution in [0.15, 0.2) is 30.5 Å². The number of nitrogens with zero attached hydrogens (tertiary/aromatic N) is 1. The summed E-state index contributed by atoms with van der Waals surface area (Å²) >= 11 is 0. The van der Waals surface area contributed by atoms with E-state index < -0.39 is 5.60 Å². The molecule has 0 unspecified atom stereocenters. The Morgan fingerprint density at radius 3 is 2.78 bits per heavy atom. The molecule has 144 valence electrons. The molecule has 2 heterocycles. The topological polar surface area (TPSA) is 60.5 Å². The minimum absolute atomic E-state index is 0.199. The Morgan fingerprint density at radius 1 is 1.26 bits per heavy atom. The number of aryl methyl sites for hydroxylation is 1. The van der Waals surface area contributed by atoms with Gasteiger partial charge in [-0.2, -0.15) is 0 Å². The van der Waals surface area contributed by atoms with Gasteiger partial charge in [0.2, 0.25) is 0 Å². The Morgan fingerprint density at radius 2 is 2.04 bits per heavy atom. The maximum Gasteiger partial charge on any atom is 0.407 e. The number of carbonyl (C=O) groups excluding carboxylic acids is 1. The zero-order chi connectivity index (χ0) is 19.6. The number of fused-ring (bicyclic) bond motifs is 1. The van der Waals surface area contributed by atoms with Crippen LogP contribution in [0.5, 0.6) is 5.75 Å². The molecule has 0 saturated carbocycles. The van der Waals surface area contributed by atoms with Crippen molar-refractivity contribution in [1.82, 2.24) is 10.3 Å². The summed E-state index contributed by atoms with van der Waals surface area (Å²) in [6.45, 7) is 10.9. The van der Waals surface area contributed by atoms with Crippen LogP contribution < -0.4 is 10.1 Å². The van der Waals surface area contributed by atoms with Crippen LogP contribution >= 0.6 is 0 Å². The van der Waals surface area contributed by atoms with Crippen molar-refractivity contribution in [2.75, 3.05) is 13.2 Å². The zero-order valence-electron chi connectivity index (χ0n) is 16.8. The molecular weight excluding hydrogens is 340 g/mol. The average molecular weight is 368 g/mol. The molecule has 1 aromatic carbocycles. The molecule has 0 saturated heterocycles. The predicted octanol–water partition coefficient (Wildman–Crippen LogP) is 4.76. The molecule has 0 fully saturated rings. The molecular formula is C22H28N2O3. The summed E-state index contributed by atoms with van der Waals surface area (Å²) in [6.07, 6.45) is 2.31. The van der Waals surface area contributed by atoms with Gasteiger partial charge in [0.1, 0.15) is 11.4 Å². The lowest BCUT2D eigenvalue weighted by Gasteiger charge is -2.29. The van der Waals surface area contributed by atoms with Gasteiger partial charge in [-0.1, -0.05) is 18.2 Å². The molecule has 1 atom stereocenters. The first-order chi connectivity index (χ1) is 12.8. The molecule has 1 aromatic heterocycles. The molecule has 2 aromatic rings. The van der Waals surface area contributed by atoms with Gasteiger partial charge in [-0.05, 0) is 63.8 Å². The van der Waals surface area contributed by atoms with Gasteiger partial charge in [-0.15, -0.1) is 0 Å². The molecule has 1 N–H and O–H groups in total. The van der Waals surface area contributed by atoms with Crippen molar-refractivity contribution >= 4 is 6.09 Å². The Kier molecular flexibility index (Phi) is 5.40. The van der Waals surface area contributed by atoms with Crippen molar-refractivity contribution in [2.45, 2.75) is 52.6 Å². The fourth-order valence-electron chi connectivity index (χ4n) is 3.37. The van der Waals surface area contributed by atoms with Gasteiger partial charge < -0.3 is 14.8 Å². The standard InChI is InChI=1S/C22H28N2O3/c1-14-15(2)23-11-9-17(14)19-8-6-7-18-16(10-12-26-20(18)19)13-24-21(25)27-22(3,4)5/h6-9,11,16H,10,12-13H2,1-5H3,(H,24,25)/t16-/m0/s1. The second-order valence-electron chi connectivity index (χ2n) is 8.01. The molecule has 0 spiro atoms. The molecule has 27 heavy (non-hydrogen) atoms. The van der Waals surface area contributed by atoms with Crippen molar-refractivity contribution in [1.29, 1.82) is 0 Å². The van der Waals surface area contributed by atoms with Crippen LogP contribution in [-0.4, -0.2) is 29.8 Å². The fraction of sp³-hybridized carbons (Fsp3) is 0.455. The van der Waals surface area contributed by atoms with E-state index in [2.05, 4.69) is 35.4 Å². The summed E-state index contributed by atoms with van der Waals surface area (Å²) in [7, 11) is 0. The zero-order valence-corrected chi connectivity index (χ0v) is 16.8. The Hall–Kier alpha value is -2.56. The number of para-hydroxylation sites is 1. The average Bonchev–Trinajstić information content (AvgIpc) is 2.60. The Balaban J connectivity index is 1.85. The summed E-state index contributed by atoms with van der Waals surface area (Å²) in [5.74, 6) is 1.11. The number of alkyl carbamates (subject to hydrolysis) is 1. The Labute approximate surface area is 161 Å². The number of pyridine rings is 1. The van der Waals surface area contributed by atoms with E-state index in [4.69, 9.17) is 9.47 Å². The van der Waals surface area contributed by atoms with E-state index in [0.717, 1.165) is 40.1 Å². The van der Waals surface area contributed by atoms with E-state index in [-0.39, 0.29) is 12.0 Å². The van der Waals surface area contributed by atoms with E-state index in [1.54, 1.807) is 0 Å². The number of hydrogen-bond acceptors (Lipinski definition) is 4. The smallest absolute Gasteiger partial charge is 0.407 e. The molecule has 0 aliphatic carbocycles. The first-order valence-corrected chi connectivity index (χ1v) is 9.41. The number of benzene rings is 1. The number of hydrogen-bond donors (Lipinski definition) is 1. The summed E-state index contributed by atoms with van der Waals surface area (Å²) < 4.78 is 11.4. The van der Waals surface area contributed by atoms with Gasteiger partial charge in [0.05, 0.1) is 6.61 Å². The number of ether oxygens (including phenoxy) is 2. The SMILES string of the molecule is Cc1nccc(-c2cccc3c2OCC[C@H]3CNC(=O)OC(C)(C)C)c1C. The van der Waals surface area contributed by atoms with Gasteiger partial charge in [0, 0.05) is 29.9 Å². The highest BCUT2D eigenvalue weighted by Gasteiger charge is 2.26. The van der Waals surface area contributed by atoms with Gasteiger partial charge >= 0.3 is 6.09 Å². The maximum atomic E-state index is 12.0. The highest BCUT2D eigenvalue weighted by Crippen LogP contribution is 2.41. The monoisotopic (exact) mass is 368 g/mol. The van der Waals surface area contributed by atoms with Gasteiger partial charge in [-0.25, -0.2) is 4.79 Å². The predicted molar refractivity (Wildman–Crippen MR) is 106 cm³/mol. The molecule has 0 bridgehead atoms. The van der Waals surface area contributed by atoms with E-state index in [1.165, 1.54) is 0 Å². The molecule has 5 heteroatoms. The van der Waals surface area contributed by atoms with Crippen LogP contribution in [0.3, 0.4) is 0 Å². The number of amides is 1. The summed E-state index contributed by atoms with van der Waals surface area (Å²) in [5.41, 5.74) is 5.02. The van der Waals surface area contributed by atoms with Crippen molar-refractivity contribution in [3.63, 3.8) is 0 Å². The van der Waals surface area contributed by atoms with Crippen LogP contribution in [0.25, 0.3) is 11.1 Å². The van der Waals surface area contributed by atoms with E-state index >= 15 is 0 Å².